The molecule has 0 aliphatic heterocycles. The number of hydrogen-bond donors (Lipinski definition) is 1. The average molecular weight is 320 g/mol. The Labute approximate surface area is 134 Å². The number of amides is 1. The molecule has 1 aromatic rings. The van der Waals surface area contributed by atoms with E-state index < -0.39 is 4.92 Å². The molecular weight excluding hydrogens is 300 g/mol. The Balaban J connectivity index is 1.96. The second-order valence-corrected chi connectivity index (χ2v) is 6.11. The number of thioether (sulfide) groups is 1. The van der Waals surface area contributed by atoms with Crippen molar-refractivity contribution in [2.24, 2.45) is 0 Å². The Morgan fingerprint density at radius 2 is 2.23 bits per heavy atom. The molecule has 0 saturated heterocycles. The third-order valence-electron chi connectivity index (χ3n) is 3.75. The number of nitrogens with zero attached hydrogens (tertiary/aromatic N) is 1. The number of allylic oxidation sites excluding steroid dienone is 1. The molecule has 0 spiro atoms. The maximum Gasteiger partial charge on any atom is 0.283 e. The van der Waals surface area contributed by atoms with Gasteiger partial charge in [0, 0.05) is 18.2 Å². The first-order chi connectivity index (χ1) is 10.6. The van der Waals surface area contributed by atoms with Gasteiger partial charge < -0.3 is 5.32 Å². The van der Waals surface area contributed by atoms with E-state index in [1.807, 2.05) is 0 Å². The third-order valence-corrected chi connectivity index (χ3v) is 4.54. The number of hydrogen-bond acceptors (Lipinski definition) is 4. The molecule has 118 valence electrons. The molecule has 0 aromatic heterocycles. The highest BCUT2D eigenvalue weighted by Crippen LogP contribution is 2.28. The first kappa shape index (κ1) is 16.5. The fraction of sp³-hybridized carbons (Fsp3) is 0.438. The zero-order valence-electron chi connectivity index (χ0n) is 12.6. The van der Waals surface area contributed by atoms with Crippen LogP contribution in [-0.2, 0) is 0 Å². The van der Waals surface area contributed by atoms with E-state index in [0.717, 1.165) is 19.3 Å². The molecule has 1 aromatic carbocycles. The van der Waals surface area contributed by atoms with Crippen LogP contribution in [0.1, 0.15) is 42.5 Å². The second-order valence-electron chi connectivity index (χ2n) is 5.26. The summed E-state index contributed by atoms with van der Waals surface area (Å²) < 4.78 is 0. The molecule has 0 bridgehead atoms. The average Bonchev–Trinajstić information content (AvgIpc) is 2.55. The summed E-state index contributed by atoms with van der Waals surface area (Å²) in [6.45, 7) is 0.572. The molecule has 1 amide bonds. The largest absolute Gasteiger partial charge is 0.352 e. The minimum atomic E-state index is -0.449. The van der Waals surface area contributed by atoms with E-state index in [-0.39, 0.29) is 11.6 Å². The Hall–Kier alpha value is -1.82. The predicted molar refractivity (Wildman–Crippen MR) is 88.4 cm³/mol. The quantitative estimate of drug-likeness (QED) is 0.373. The van der Waals surface area contributed by atoms with Crippen molar-refractivity contribution in [3.63, 3.8) is 0 Å². The van der Waals surface area contributed by atoms with Gasteiger partial charge >= 0.3 is 0 Å². The summed E-state index contributed by atoms with van der Waals surface area (Å²) in [5.41, 5.74) is 1.72. The van der Waals surface area contributed by atoms with Gasteiger partial charge in [0.25, 0.3) is 11.6 Å². The van der Waals surface area contributed by atoms with Crippen LogP contribution in [0, 0.1) is 10.1 Å². The molecule has 6 heteroatoms. The van der Waals surface area contributed by atoms with Crippen LogP contribution in [0.15, 0.2) is 34.7 Å². The van der Waals surface area contributed by atoms with Gasteiger partial charge in [-0.3, -0.25) is 14.9 Å². The highest BCUT2D eigenvalue weighted by molar-refractivity contribution is 7.98. The highest BCUT2D eigenvalue weighted by atomic mass is 32.2. The molecule has 1 N–H and O–H groups in total. The summed E-state index contributed by atoms with van der Waals surface area (Å²) in [4.78, 5) is 23.2. The molecule has 2 rings (SSSR count). The molecule has 22 heavy (non-hydrogen) atoms. The summed E-state index contributed by atoms with van der Waals surface area (Å²) in [5.74, 6) is -0.257. The molecule has 5 nitrogen and oxygen atoms in total. The first-order valence-electron chi connectivity index (χ1n) is 7.40. The number of nitro benzene ring substituents is 1. The number of benzene rings is 1. The van der Waals surface area contributed by atoms with E-state index in [4.69, 9.17) is 0 Å². The van der Waals surface area contributed by atoms with Gasteiger partial charge in [0.1, 0.15) is 0 Å². The van der Waals surface area contributed by atoms with Crippen LogP contribution in [0.5, 0.6) is 0 Å². The van der Waals surface area contributed by atoms with Crippen molar-refractivity contribution in [1.29, 1.82) is 0 Å². The second kappa shape index (κ2) is 7.98. The highest BCUT2D eigenvalue weighted by Gasteiger charge is 2.16. The lowest BCUT2D eigenvalue weighted by molar-refractivity contribution is -0.387. The minimum absolute atomic E-state index is 0.0184. The smallest absolute Gasteiger partial charge is 0.283 e. The van der Waals surface area contributed by atoms with Gasteiger partial charge in [0.05, 0.1) is 9.82 Å². The van der Waals surface area contributed by atoms with Crippen LogP contribution in [-0.4, -0.2) is 23.6 Å². The molecule has 0 saturated carbocycles. The van der Waals surface area contributed by atoms with Crippen LogP contribution in [0.25, 0.3) is 0 Å². The van der Waals surface area contributed by atoms with Crippen molar-refractivity contribution in [3.8, 4) is 0 Å². The Kier molecular flexibility index (Phi) is 6.00. The van der Waals surface area contributed by atoms with Crippen molar-refractivity contribution in [2.45, 2.75) is 37.0 Å². The molecule has 0 unspecified atom stereocenters. The standard InChI is InChI=1S/C16H20N2O3S/c1-22-15-8-7-13(11-14(15)18(20)21)16(19)17-10-9-12-5-3-2-4-6-12/h5,7-8,11H,2-4,6,9-10H2,1H3,(H,17,19). The number of nitro groups is 1. The summed E-state index contributed by atoms with van der Waals surface area (Å²) in [7, 11) is 0. The van der Waals surface area contributed by atoms with Gasteiger partial charge in [-0.15, -0.1) is 11.8 Å². The maximum absolute atomic E-state index is 12.1. The lowest BCUT2D eigenvalue weighted by Gasteiger charge is -2.13. The normalized spacial score (nSPS) is 14.3. The molecule has 0 heterocycles. The van der Waals surface area contributed by atoms with E-state index in [2.05, 4.69) is 11.4 Å². The van der Waals surface area contributed by atoms with Crippen molar-refractivity contribution >= 4 is 23.4 Å². The predicted octanol–water partition coefficient (Wildman–Crippen LogP) is 3.94. The molecule has 0 atom stereocenters. The molecule has 0 fully saturated rings. The number of rotatable bonds is 6. The fourth-order valence-corrected chi connectivity index (χ4v) is 3.09. The van der Waals surface area contributed by atoms with Crippen molar-refractivity contribution in [2.75, 3.05) is 12.8 Å². The number of carbonyl (C=O) groups is 1. The van der Waals surface area contributed by atoms with Crippen molar-refractivity contribution in [1.82, 2.24) is 5.32 Å². The third kappa shape index (κ3) is 4.34. The Morgan fingerprint density at radius 1 is 1.41 bits per heavy atom. The SMILES string of the molecule is CSc1ccc(C(=O)NCCC2=CCCCC2)cc1[N+](=O)[O-]. The zero-order valence-corrected chi connectivity index (χ0v) is 13.4. The summed E-state index contributed by atoms with van der Waals surface area (Å²) in [6.07, 6.45) is 9.61. The van der Waals surface area contributed by atoms with Gasteiger partial charge in [-0.2, -0.15) is 0 Å². The molecule has 1 aliphatic carbocycles. The van der Waals surface area contributed by atoms with Crippen LogP contribution in [0.4, 0.5) is 5.69 Å². The summed E-state index contributed by atoms with van der Waals surface area (Å²) in [6, 6.07) is 4.61. The first-order valence-corrected chi connectivity index (χ1v) is 8.63. The summed E-state index contributed by atoms with van der Waals surface area (Å²) in [5, 5.41) is 13.9. The molecule has 1 aliphatic rings. The van der Waals surface area contributed by atoms with E-state index in [1.165, 1.54) is 36.2 Å². The lowest BCUT2D eigenvalue weighted by Crippen LogP contribution is -2.25. The van der Waals surface area contributed by atoms with Crippen LogP contribution >= 0.6 is 11.8 Å². The van der Waals surface area contributed by atoms with E-state index >= 15 is 0 Å². The Bertz CT molecular complexity index is 599. The van der Waals surface area contributed by atoms with E-state index in [9.17, 15) is 14.9 Å². The van der Waals surface area contributed by atoms with Gasteiger partial charge in [-0.25, -0.2) is 0 Å². The van der Waals surface area contributed by atoms with Crippen LogP contribution in [0.2, 0.25) is 0 Å². The van der Waals surface area contributed by atoms with E-state index in [0.29, 0.717) is 17.0 Å². The van der Waals surface area contributed by atoms with Crippen LogP contribution < -0.4 is 5.32 Å². The van der Waals surface area contributed by atoms with Crippen molar-refractivity contribution < 1.29 is 9.72 Å². The zero-order chi connectivity index (χ0) is 15.9. The topological polar surface area (TPSA) is 72.2 Å². The minimum Gasteiger partial charge on any atom is -0.352 e. The summed E-state index contributed by atoms with van der Waals surface area (Å²) >= 11 is 1.30. The lowest BCUT2D eigenvalue weighted by atomic mass is 9.97. The Morgan fingerprint density at radius 3 is 2.86 bits per heavy atom. The van der Waals surface area contributed by atoms with Crippen LogP contribution in [0.3, 0.4) is 0 Å². The monoisotopic (exact) mass is 320 g/mol. The van der Waals surface area contributed by atoms with Gasteiger partial charge in [-0.1, -0.05) is 11.6 Å². The fourth-order valence-electron chi connectivity index (χ4n) is 2.54. The number of carbonyl (C=O) groups excluding carboxylic acids is 1. The molecular formula is C16H20N2O3S. The van der Waals surface area contributed by atoms with E-state index in [1.54, 1.807) is 18.4 Å². The molecule has 0 radical (unpaired) electrons. The maximum atomic E-state index is 12.1. The number of nitrogens with one attached hydrogen (secondary N) is 1. The van der Waals surface area contributed by atoms with Crippen molar-refractivity contribution in [3.05, 3.63) is 45.5 Å². The van der Waals surface area contributed by atoms with Gasteiger partial charge in [-0.05, 0) is 50.5 Å². The van der Waals surface area contributed by atoms with Gasteiger partial charge in [0.15, 0.2) is 0 Å². The van der Waals surface area contributed by atoms with Gasteiger partial charge in [0.2, 0.25) is 0 Å².